The van der Waals surface area contributed by atoms with Gasteiger partial charge in [0.1, 0.15) is 0 Å². The Kier molecular flexibility index (Phi) is 5.47. The SMILES string of the molecule is c1ccc2c(c1)c1ncccc1n2-c1ccc(-c2ccc(-c3ccc(-n4c5ccccc5c5ncccc54)cc3)cc2)cc1. The van der Waals surface area contributed by atoms with Crippen LogP contribution in [0, 0.1) is 0 Å². The Morgan fingerprint density at radius 2 is 0.659 bits per heavy atom. The molecule has 4 aromatic heterocycles. The maximum absolute atomic E-state index is 4.67. The van der Waals surface area contributed by atoms with E-state index in [1.165, 1.54) is 44.1 Å². The van der Waals surface area contributed by atoms with Crippen LogP contribution in [0.25, 0.3) is 77.5 Å². The quantitative estimate of drug-likeness (QED) is 0.214. The van der Waals surface area contributed by atoms with Gasteiger partial charge in [-0.3, -0.25) is 9.97 Å². The number of fused-ring (bicyclic) bond motifs is 6. The van der Waals surface area contributed by atoms with E-state index in [9.17, 15) is 0 Å². The van der Waals surface area contributed by atoms with Gasteiger partial charge in [0.05, 0.1) is 33.1 Å². The molecule has 9 rings (SSSR count). The summed E-state index contributed by atoms with van der Waals surface area (Å²) in [5.74, 6) is 0. The van der Waals surface area contributed by atoms with Crippen molar-refractivity contribution in [3.8, 4) is 33.6 Å². The van der Waals surface area contributed by atoms with Gasteiger partial charge in [-0.25, -0.2) is 0 Å². The topological polar surface area (TPSA) is 35.6 Å². The second kappa shape index (κ2) is 9.79. The highest BCUT2D eigenvalue weighted by molar-refractivity contribution is 6.07. The van der Waals surface area contributed by atoms with Crippen LogP contribution in [0.3, 0.4) is 0 Å². The molecule has 0 aliphatic heterocycles. The fraction of sp³-hybridized carbons (Fsp3) is 0. The first-order valence-electron chi connectivity index (χ1n) is 14.8. The third-order valence-corrected chi connectivity index (χ3v) is 8.66. The molecule has 0 atom stereocenters. The zero-order valence-electron chi connectivity index (χ0n) is 23.8. The molecule has 0 amide bonds. The molecule has 0 N–H and O–H groups in total. The van der Waals surface area contributed by atoms with Gasteiger partial charge in [-0.15, -0.1) is 0 Å². The molecule has 5 aromatic carbocycles. The summed E-state index contributed by atoms with van der Waals surface area (Å²) in [6, 6.07) is 51.7. The lowest BCUT2D eigenvalue weighted by molar-refractivity contribution is 1.17. The Labute approximate surface area is 254 Å². The van der Waals surface area contributed by atoms with Crippen LogP contribution in [0.15, 0.2) is 158 Å². The van der Waals surface area contributed by atoms with Crippen molar-refractivity contribution >= 4 is 43.9 Å². The van der Waals surface area contributed by atoms with E-state index in [1.807, 2.05) is 24.5 Å². The molecule has 0 fully saturated rings. The summed E-state index contributed by atoms with van der Waals surface area (Å²) in [6.45, 7) is 0. The molecule has 44 heavy (non-hydrogen) atoms. The van der Waals surface area contributed by atoms with Crippen molar-refractivity contribution in [2.45, 2.75) is 0 Å². The molecule has 0 aliphatic carbocycles. The summed E-state index contributed by atoms with van der Waals surface area (Å²) in [5.41, 5.74) is 13.6. The average molecular weight is 563 g/mol. The Morgan fingerprint density at radius 3 is 1.07 bits per heavy atom. The minimum atomic E-state index is 1.03. The Hall–Kier alpha value is -6.00. The fourth-order valence-electron chi connectivity index (χ4n) is 6.58. The highest BCUT2D eigenvalue weighted by atomic mass is 15.0. The molecule has 0 radical (unpaired) electrons. The number of nitrogens with zero attached hydrogens (tertiary/aromatic N) is 4. The van der Waals surface area contributed by atoms with E-state index < -0.39 is 0 Å². The normalized spacial score (nSPS) is 11.6. The summed E-state index contributed by atoms with van der Waals surface area (Å²) in [4.78, 5) is 9.34. The third kappa shape index (κ3) is 3.78. The van der Waals surface area contributed by atoms with Crippen molar-refractivity contribution in [3.05, 3.63) is 158 Å². The lowest BCUT2D eigenvalue weighted by atomic mass is 10.00. The predicted octanol–water partition coefficient (Wildman–Crippen LogP) is 10.0. The van der Waals surface area contributed by atoms with Crippen LogP contribution in [-0.4, -0.2) is 19.1 Å². The molecule has 4 heteroatoms. The van der Waals surface area contributed by atoms with Crippen LogP contribution in [0.4, 0.5) is 0 Å². The van der Waals surface area contributed by atoms with Crippen LogP contribution < -0.4 is 0 Å². The lowest BCUT2D eigenvalue weighted by Gasteiger charge is -2.11. The summed E-state index contributed by atoms with van der Waals surface area (Å²) in [6.07, 6.45) is 3.73. The first-order valence-corrected chi connectivity index (χ1v) is 14.8. The van der Waals surface area contributed by atoms with Gasteiger partial charge in [0.15, 0.2) is 0 Å². The molecular formula is C40H26N4. The average Bonchev–Trinajstić information content (AvgIpc) is 3.62. The van der Waals surface area contributed by atoms with Crippen molar-refractivity contribution in [3.63, 3.8) is 0 Å². The van der Waals surface area contributed by atoms with Crippen molar-refractivity contribution in [1.29, 1.82) is 0 Å². The molecule has 0 bridgehead atoms. The third-order valence-electron chi connectivity index (χ3n) is 8.66. The smallest absolute Gasteiger partial charge is 0.0963 e. The standard InChI is InChI=1S/C40H26N4/c1-3-9-35-33(7-1)39-37(11-5-25-41-39)43(35)31-21-17-29(18-22-31)27-13-15-28(16-14-27)30-19-23-32(24-20-30)44-36-10-4-2-8-34(36)40-38(44)12-6-26-42-40/h1-26H. The molecule has 0 saturated carbocycles. The van der Waals surface area contributed by atoms with E-state index in [0.717, 1.165) is 33.4 Å². The number of pyridine rings is 2. The van der Waals surface area contributed by atoms with Gasteiger partial charge >= 0.3 is 0 Å². The van der Waals surface area contributed by atoms with E-state index in [4.69, 9.17) is 0 Å². The maximum Gasteiger partial charge on any atom is 0.0963 e. The summed E-state index contributed by atoms with van der Waals surface area (Å²) in [7, 11) is 0. The molecule has 4 nitrogen and oxygen atoms in total. The van der Waals surface area contributed by atoms with Gasteiger partial charge in [-0.1, -0.05) is 84.9 Å². The zero-order chi connectivity index (χ0) is 29.0. The number of para-hydroxylation sites is 2. The lowest BCUT2D eigenvalue weighted by Crippen LogP contribution is -1.94. The van der Waals surface area contributed by atoms with Crippen LogP contribution in [0.1, 0.15) is 0 Å². The Balaban J connectivity index is 1.02. The molecule has 0 unspecified atom stereocenters. The maximum atomic E-state index is 4.67. The minimum absolute atomic E-state index is 1.03. The van der Waals surface area contributed by atoms with Crippen molar-refractivity contribution in [2.24, 2.45) is 0 Å². The molecule has 4 heterocycles. The highest BCUT2D eigenvalue weighted by Gasteiger charge is 2.14. The van der Waals surface area contributed by atoms with Crippen LogP contribution in [-0.2, 0) is 0 Å². The van der Waals surface area contributed by atoms with Crippen molar-refractivity contribution in [2.75, 3.05) is 0 Å². The Bertz CT molecular complexity index is 2180. The molecule has 9 aromatic rings. The summed E-state index contributed by atoms with van der Waals surface area (Å²) in [5, 5.41) is 2.34. The van der Waals surface area contributed by atoms with E-state index >= 15 is 0 Å². The van der Waals surface area contributed by atoms with Crippen molar-refractivity contribution < 1.29 is 0 Å². The fourth-order valence-corrected chi connectivity index (χ4v) is 6.58. The van der Waals surface area contributed by atoms with E-state index in [-0.39, 0.29) is 0 Å². The molecule has 206 valence electrons. The van der Waals surface area contributed by atoms with Crippen LogP contribution in [0.5, 0.6) is 0 Å². The summed E-state index contributed by atoms with van der Waals surface area (Å²) >= 11 is 0. The van der Waals surface area contributed by atoms with Crippen molar-refractivity contribution in [1.82, 2.24) is 19.1 Å². The van der Waals surface area contributed by atoms with Crippen LogP contribution >= 0.6 is 0 Å². The first kappa shape index (κ1) is 24.6. The largest absolute Gasteiger partial charge is 0.308 e. The number of aromatic nitrogens is 4. The molecular weight excluding hydrogens is 536 g/mol. The van der Waals surface area contributed by atoms with Gasteiger partial charge in [-0.05, 0) is 82.9 Å². The second-order valence-electron chi connectivity index (χ2n) is 11.1. The minimum Gasteiger partial charge on any atom is -0.308 e. The number of hydrogen-bond acceptors (Lipinski definition) is 2. The Morgan fingerprint density at radius 1 is 0.318 bits per heavy atom. The van der Waals surface area contributed by atoms with Gasteiger partial charge in [0.25, 0.3) is 0 Å². The van der Waals surface area contributed by atoms with Gasteiger partial charge in [0.2, 0.25) is 0 Å². The van der Waals surface area contributed by atoms with Gasteiger partial charge in [0, 0.05) is 34.5 Å². The van der Waals surface area contributed by atoms with E-state index in [1.54, 1.807) is 0 Å². The van der Waals surface area contributed by atoms with Crippen LogP contribution in [0.2, 0.25) is 0 Å². The van der Waals surface area contributed by atoms with E-state index in [0.29, 0.717) is 0 Å². The summed E-state index contributed by atoms with van der Waals surface area (Å²) < 4.78 is 4.59. The van der Waals surface area contributed by atoms with Gasteiger partial charge < -0.3 is 9.13 Å². The number of rotatable bonds is 4. The van der Waals surface area contributed by atoms with Gasteiger partial charge in [-0.2, -0.15) is 0 Å². The molecule has 0 aliphatic rings. The predicted molar refractivity (Wildman–Crippen MR) is 182 cm³/mol. The molecule has 0 spiro atoms. The van der Waals surface area contributed by atoms with E-state index in [2.05, 4.69) is 153 Å². The number of hydrogen-bond donors (Lipinski definition) is 0. The highest BCUT2D eigenvalue weighted by Crippen LogP contribution is 2.33. The zero-order valence-corrected chi connectivity index (χ0v) is 23.8. The monoisotopic (exact) mass is 562 g/mol. The number of benzene rings is 5. The second-order valence-corrected chi connectivity index (χ2v) is 11.1. The first-order chi connectivity index (χ1) is 21.8. The molecule has 0 saturated heterocycles.